The molecule has 4 heteroatoms. The Balaban J connectivity index is 0.00000161. The Morgan fingerprint density at radius 1 is 1.00 bits per heavy atom. The zero-order chi connectivity index (χ0) is 13.7. The fraction of sp³-hybridized carbons (Fsp3) is 0.941. The van der Waals surface area contributed by atoms with Gasteiger partial charge in [-0.1, -0.05) is 38.5 Å². The van der Waals surface area contributed by atoms with Gasteiger partial charge in [-0.15, -0.1) is 24.0 Å². The van der Waals surface area contributed by atoms with Crippen molar-refractivity contribution >= 4 is 29.9 Å². The highest BCUT2D eigenvalue weighted by molar-refractivity contribution is 14.0. The Morgan fingerprint density at radius 3 is 2.38 bits per heavy atom. The molecule has 3 rings (SSSR count). The summed E-state index contributed by atoms with van der Waals surface area (Å²) in [5, 5.41) is 7.09. The fourth-order valence-corrected chi connectivity index (χ4v) is 4.61. The molecule has 0 aromatic carbocycles. The van der Waals surface area contributed by atoms with Gasteiger partial charge < -0.3 is 10.6 Å². The first kappa shape index (κ1) is 17.4. The van der Waals surface area contributed by atoms with Crippen molar-refractivity contribution in [3.05, 3.63) is 0 Å². The van der Waals surface area contributed by atoms with Crippen LogP contribution < -0.4 is 10.6 Å². The molecule has 21 heavy (non-hydrogen) atoms. The van der Waals surface area contributed by atoms with E-state index in [1.54, 1.807) is 0 Å². The monoisotopic (exact) mass is 405 g/mol. The Bertz CT molecular complexity index is 331. The first-order chi connectivity index (χ1) is 9.89. The van der Waals surface area contributed by atoms with Crippen LogP contribution in [0.2, 0.25) is 0 Å². The molecule has 0 bridgehead atoms. The van der Waals surface area contributed by atoms with Gasteiger partial charge in [0.2, 0.25) is 0 Å². The number of hydrogen-bond acceptors (Lipinski definition) is 3. The molecule has 0 saturated heterocycles. The lowest BCUT2D eigenvalue weighted by Crippen LogP contribution is -2.49. The van der Waals surface area contributed by atoms with Crippen molar-refractivity contribution in [2.24, 2.45) is 16.3 Å². The molecule has 0 radical (unpaired) electrons. The van der Waals surface area contributed by atoms with Crippen molar-refractivity contribution in [2.75, 3.05) is 19.6 Å². The minimum absolute atomic E-state index is 0. The van der Waals surface area contributed by atoms with E-state index in [1.165, 1.54) is 70.6 Å². The molecule has 0 aromatic heterocycles. The van der Waals surface area contributed by atoms with E-state index in [4.69, 9.17) is 0 Å². The van der Waals surface area contributed by atoms with Gasteiger partial charge >= 0.3 is 0 Å². The van der Waals surface area contributed by atoms with Crippen LogP contribution in [0.1, 0.15) is 70.6 Å². The first-order valence-corrected chi connectivity index (χ1v) is 8.91. The summed E-state index contributed by atoms with van der Waals surface area (Å²) in [6.07, 6.45) is 15.7. The number of nitrogens with zero attached hydrogens (tertiary/aromatic N) is 1. The second-order valence-electron chi connectivity index (χ2n) is 7.12. The van der Waals surface area contributed by atoms with Gasteiger partial charge in [0.05, 0.1) is 0 Å². The number of halogens is 1. The van der Waals surface area contributed by atoms with Crippen molar-refractivity contribution in [1.29, 1.82) is 0 Å². The minimum Gasteiger partial charge on any atom is -0.356 e. The molecule has 1 aliphatic heterocycles. The van der Waals surface area contributed by atoms with Gasteiger partial charge in [-0.3, -0.25) is 4.99 Å². The molecule has 0 aromatic rings. The van der Waals surface area contributed by atoms with Gasteiger partial charge in [0, 0.05) is 19.6 Å². The minimum atomic E-state index is 0. The molecule has 2 fully saturated rings. The average molecular weight is 405 g/mol. The van der Waals surface area contributed by atoms with Crippen LogP contribution in [-0.2, 0) is 0 Å². The maximum Gasteiger partial charge on any atom is 0.191 e. The Kier molecular flexibility index (Phi) is 7.10. The predicted octanol–water partition coefficient (Wildman–Crippen LogP) is 4.07. The SMILES string of the molecule is C1CCC(C2(CNC3=NCCCN3)CCCCC2)CC1.I. The number of hydrogen-bond donors (Lipinski definition) is 2. The molecule has 3 aliphatic rings. The molecule has 3 nitrogen and oxygen atoms in total. The number of rotatable bonds is 3. The zero-order valence-electron chi connectivity index (χ0n) is 13.3. The maximum absolute atomic E-state index is 4.58. The summed E-state index contributed by atoms with van der Waals surface area (Å²) in [4.78, 5) is 4.58. The van der Waals surface area contributed by atoms with Gasteiger partial charge in [-0.2, -0.15) is 0 Å². The van der Waals surface area contributed by atoms with Crippen molar-refractivity contribution < 1.29 is 0 Å². The van der Waals surface area contributed by atoms with Crippen LogP contribution in [0.15, 0.2) is 4.99 Å². The molecule has 0 atom stereocenters. The Hall–Kier alpha value is 0. The van der Waals surface area contributed by atoms with Gasteiger partial charge in [-0.05, 0) is 43.4 Å². The van der Waals surface area contributed by atoms with E-state index < -0.39 is 0 Å². The molecular weight excluding hydrogens is 373 g/mol. The van der Waals surface area contributed by atoms with Crippen LogP contribution in [-0.4, -0.2) is 25.6 Å². The standard InChI is InChI=1S/C17H31N3.HI/c1-3-8-15(9-4-1)17(10-5-2-6-11-17)14-20-16-18-12-7-13-19-16;/h15H,1-14H2,(H2,18,19,20);1H. The Morgan fingerprint density at radius 2 is 1.71 bits per heavy atom. The van der Waals surface area contributed by atoms with Crippen LogP contribution in [0.3, 0.4) is 0 Å². The van der Waals surface area contributed by atoms with Crippen molar-refractivity contribution in [3.63, 3.8) is 0 Å². The average Bonchev–Trinajstić information content (AvgIpc) is 2.56. The molecule has 0 spiro atoms. The predicted molar refractivity (Wildman–Crippen MR) is 100 cm³/mol. The van der Waals surface area contributed by atoms with Crippen molar-refractivity contribution in [1.82, 2.24) is 10.6 Å². The van der Waals surface area contributed by atoms with Gasteiger partial charge in [-0.25, -0.2) is 0 Å². The second kappa shape index (κ2) is 8.59. The molecular formula is C17H32IN3. The highest BCUT2D eigenvalue weighted by Crippen LogP contribution is 2.47. The maximum atomic E-state index is 4.58. The summed E-state index contributed by atoms with van der Waals surface area (Å²) in [7, 11) is 0. The van der Waals surface area contributed by atoms with Gasteiger partial charge in [0.25, 0.3) is 0 Å². The molecule has 0 unspecified atom stereocenters. The topological polar surface area (TPSA) is 36.4 Å². The third kappa shape index (κ3) is 4.49. The van der Waals surface area contributed by atoms with E-state index in [2.05, 4.69) is 15.6 Å². The number of aliphatic imine (C=N–C) groups is 1. The second-order valence-corrected chi connectivity index (χ2v) is 7.12. The molecule has 2 N–H and O–H groups in total. The summed E-state index contributed by atoms with van der Waals surface area (Å²) in [6.45, 7) is 3.23. The molecule has 2 aliphatic carbocycles. The highest BCUT2D eigenvalue weighted by atomic mass is 127. The normalized spacial score (nSPS) is 26.2. The van der Waals surface area contributed by atoms with Gasteiger partial charge in [0.15, 0.2) is 5.96 Å². The van der Waals surface area contributed by atoms with Gasteiger partial charge in [0.1, 0.15) is 0 Å². The quantitative estimate of drug-likeness (QED) is 0.695. The zero-order valence-corrected chi connectivity index (χ0v) is 15.7. The van der Waals surface area contributed by atoms with E-state index >= 15 is 0 Å². The lowest BCUT2D eigenvalue weighted by molar-refractivity contribution is 0.0711. The summed E-state index contributed by atoms with van der Waals surface area (Å²) in [6, 6.07) is 0. The van der Waals surface area contributed by atoms with Crippen LogP contribution >= 0.6 is 24.0 Å². The van der Waals surface area contributed by atoms with E-state index in [0.717, 1.165) is 31.5 Å². The van der Waals surface area contributed by atoms with Crippen LogP contribution in [0.5, 0.6) is 0 Å². The molecule has 122 valence electrons. The number of guanidine groups is 1. The third-order valence-electron chi connectivity index (χ3n) is 5.83. The van der Waals surface area contributed by atoms with Crippen LogP contribution in [0.4, 0.5) is 0 Å². The largest absolute Gasteiger partial charge is 0.356 e. The number of nitrogens with one attached hydrogen (secondary N) is 2. The lowest BCUT2D eigenvalue weighted by Gasteiger charge is -2.46. The molecule has 2 saturated carbocycles. The third-order valence-corrected chi connectivity index (χ3v) is 5.83. The van der Waals surface area contributed by atoms with Crippen LogP contribution in [0.25, 0.3) is 0 Å². The van der Waals surface area contributed by atoms with Crippen LogP contribution in [0, 0.1) is 11.3 Å². The summed E-state index contributed by atoms with van der Waals surface area (Å²) >= 11 is 0. The highest BCUT2D eigenvalue weighted by Gasteiger charge is 2.39. The first-order valence-electron chi connectivity index (χ1n) is 8.91. The van der Waals surface area contributed by atoms with Crippen molar-refractivity contribution in [2.45, 2.75) is 70.6 Å². The Labute approximate surface area is 147 Å². The lowest BCUT2D eigenvalue weighted by atomic mass is 9.61. The van der Waals surface area contributed by atoms with E-state index in [9.17, 15) is 0 Å². The molecule has 0 amide bonds. The summed E-state index contributed by atoms with van der Waals surface area (Å²) < 4.78 is 0. The molecule has 1 heterocycles. The van der Waals surface area contributed by atoms with Crippen molar-refractivity contribution in [3.8, 4) is 0 Å². The fourth-order valence-electron chi connectivity index (χ4n) is 4.61. The smallest absolute Gasteiger partial charge is 0.191 e. The van der Waals surface area contributed by atoms with E-state index in [1.807, 2.05) is 0 Å². The van der Waals surface area contributed by atoms with E-state index in [-0.39, 0.29) is 24.0 Å². The summed E-state index contributed by atoms with van der Waals surface area (Å²) in [5.41, 5.74) is 0.570. The summed E-state index contributed by atoms with van der Waals surface area (Å²) in [5.74, 6) is 2.03. The van der Waals surface area contributed by atoms with E-state index in [0.29, 0.717) is 5.41 Å².